The molecule has 0 radical (unpaired) electrons. The minimum atomic E-state index is -1.10. The van der Waals surface area contributed by atoms with Gasteiger partial charge in [-0.3, -0.25) is 4.79 Å². The van der Waals surface area contributed by atoms with Crippen LogP contribution in [0.5, 0.6) is 5.75 Å². The van der Waals surface area contributed by atoms with E-state index in [4.69, 9.17) is 4.74 Å². The molecule has 1 heterocycles. The molecule has 20 heavy (non-hydrogen) atoms. The maximum atomic E-state index is 12.2. The largest absolute Gasteiger partial charge is 0.497 e. The molecule has 1 fully saturated rings. The Morgan fingerprint density at radius 3 is 2.70 bits per heavy atom. The molecule has 6 nitrogen and oxygen atoms in total. The van der Waals surface area contributed by atoms with Crippen molar-refractivity contribution < 1.29 is 19.4 Å². The SMILES string of the molecule is COc1ccc(NC(=O)C2CNCC2C)c(C(=O)O)c1. The summed E-state index contributed by atoms with van der Waals surface area (Å²) in [6.45, 7) is 3.41. The van der Waals surface area contributed by atoms with Gasteiger partial charge in [-0.05, 0) is 30.7 Å². The Morgan fingerprint density at radius 1 is 1.40 bits per heavy atom. The summed E-state index contributed by atoms with van der Waals surface area (Å²) in [5, 5.41) is 15.0. The van der Waals surface area contributed by atoms with Crippen LogP contribution in [0.25, 0.3) is 0 Å². The molecule has 0 aliphatic carbocycles. The number of nitrogens with one attached hydrogen (secondary N) is 2. The fraction of sp³-hybridized carbons (Fsp3) is 0.429. The average Bonchev–Trinajstić information content (AvgIpc) is 2.85. The van der Waals surface area contributed by atoms with Crippen LogP contribution in [0.15, 0.2) is 18.2 Å². The zero-order chi connectivity index (χ0) is 14.7. The normalized spacial score (nSPS) is 21.5. The lowest BCUT2D eigenvalue weighted by atomic mass is 9.97. The first kappa shape index (κ1) is 14.3. The van der Waals surface area contributed by atoms with Crippen molar-refractivity contribution in [3.8, 4) is 5.75 Å². The molecular formula is C14H18N2O4. The lowest BCUT2D eigenvalue weighted by molar-refractivity contribution is -0.120. The summed E-state index contributed by atoms with van der Waals surface area (Å²) < 4.78 is 5.00. The standard InChI is InChI=1S/C14H18N2O4/c1-8-6-15-7-11(8)13(17)16-12-4-3-9(20-2)5-10(12)14(18)19/h3-5,8,11,15H,6-7H2,1-2H3,(H,16,17)(H,18,19). The second-order valence-corrected chi connectivity index (χ2v) is 4.95. The number of carboxylic acid groups (broad SMARTS) is 1. The molecule has 0 bridgehead atoms. The minimum absolute atomic E-state index is 0.0244. The van der Waals surface area contributed by atoms with Crippen LogP contribution in [0.3, 0.4) is 0 Å². The number of methoxy groups -OCH3 is 1. The Labute approximate surface area is 117 Å². The number of carbonyl (C=O) groups is 2. The van der Waals surface area contributed by atoms with Crippen LogP contribution < -0.4 is 15.4 Å². The van der Waals surface area contributed by atoms with E-state index in [9.17, 15) is 14.7 Å². The van der Waals surface area contributed by atoms with Crippen LogP contribution in [0, 0.1) is 11.8 Å². The Hall–Kier alpha value is -2.08. The van der Waals surface area contributed by atoms with E-state index in [2.05, 4.69) is 10.6 Å². The molecule has 2 unspecified atom stereocenters. The van der Waals surface area contributed by atoms with E-state index in [1.54, 1.807) is 12.1 Å². The fourth-order valence-electron chi connectivity index (χ4n) is 2.32. The van der Waals surface area contributed by atoms with E-state index in [1.807, 2.05) is 6.92 Å². The van der Waals surface area contributed by atoms with Crippen molar-refractivity contribution in [2.45, 2.75) is 6.92 Å². The number of rotatable bonds is 4. The second kappa shape index (κ2) is 5.92. The average molecular weight is 278 g/mol. The number of ether oxygens (including phenoxy) is 1. The van der Waals surface area contributed by atoms with Gasteiger partial charge in [-0.15, -0.1) is 0 Å². The summed E-state index contributed by atoms with van der Waals surface area (Å²) in [4.78, 5) is 23.4. The lowest BCUT2D eigenvalue weighted by Crippen LogP contribution is -2.28. The third kappa shape index (κ3) is 2.91. The zero-order valence-electron chi connectivity index (χ0n) is 11.5. The van der Waals surface area contributed by atoms with Gasteiger partial charge in [-0.1, -0.05) is 6.92 Å². The van der Waals surface area contributed by atoms with Gasteiger partial charge in [0.1, 0.15) is 5.75 Å². The van der Waals surface area contributed by atoms with Gasteiger partial charge >= 0.3 is 5.97 Å². The van der Waals surface area contributed by atoms with Crippen molar-refractivity contribution in [1.29, 1.82) is 0 Å². The number of amides is 1. The number of carboxylic acids is 1. The van der Waals surface area contributed by atoms with E-state index in [0.717, 1.165) is 6.54 Å². The number of anilines is 1. The van der Waals surface area contributed by atoms with E-state index < -0.39 is 5.97 Å². The van der Waals surface area contributed by atoms with Gasteiger partial charge in [-0.2, -0.15) is 0 Å². The zero-order valence-corrected chi connectivity index (χ0v) is 11.5. The Balaban J connectivity index is 2.20. The van der Waals surface area contributed by atoms with Crippen LogP contribution in [0.4, 0.5) is 5.69 Å². The number of hydrogen-bond acceptors (Lipinski definition) is 4. The molecular weight excluding hydrogens is 260 g/mol. The third-order valence-electron chi connectivity index (χ3n) is 3.57. The van der Waals surface area contributed by atoms with Crippen molar-refractivity contribution in [2.24, 2.45) is 11.8 Å². The molecule has 0 saturated carbocycles. The maximum absolute atomic E-state index is 12.2. The Morgan fingerprint density at radius 2 is 2.15 bits per heavy atom. The van der Waals surface area contributed by atoms with Crippen LogP contribution in [-0.4, -0.2) is 37.2 Å². The molecule has 3 N–H and O–H groups in total. The van der Waals surface area contributed by atoms with Crippen molar-refractivity contribution in [2.75, 3.05) is 25.5 Å². The molecule has 2 rings (SSSR count). The molecule has 0 aromatic heterocycles. The predicted molar refractivity (Wildman–Crippen MR) is 74.1 cm³/mol. The number of hydrogen-bond donors (Lipinski definition) is 3. The van der Waals surface area contributed by atoms with Gasteiger partial charge in [0.2, 0.25) is 5.91 Å². The van der Waals surface area contributed by atoms with Crippen LogP contribution in [0.2, 0.25) is 0 Å². The quantitative estimate of drug-likeness (QED) is 0.770. The Kier molecular flexibility index (Phi) is 4.24. The number of aromatic carboxylic acids is 1. The van der Waals surface area contributed by atoms with Gasteiger partial charge in [0.05, 0.1) is 24.3 Å². The van der Waals surface area contributed by atoms with E-state index >= 15 is 0 Å². The van der Waals surface area contributed by atoms with Crippen molar-refractivity contribution in [3.05, 3.63) is 23.8 Å². The molecule has 108 valence electrons. The number of benzene rings is 1. The highest BCUT2D eigenvalue weighted by Gasteiger charge is 2.30. The van der Waals surface area contributed by atoms with Crippen LogP contribution >= 0.6 is 0 Å². The molecule has 1 aliphatic rings. The summed E-state index contributed by atoms with van der Waals surface area (Å²) in [5.74, 6) is -0.719. The first-order valence-electron chi connectivity index (χ1n) is 6.46. The highest BCUT2D eigenvalue weighted by atomic mass is 16.5. The van der Waals surface area contributed by atoms with Crippen molar-refractivity contribution in [3.63, 3.8) is 0 Å². The number of carbonyl (C=O) groups excluding carboxylic acids is 1. The molecule has 1 amide bonds. The summed E-state index contributed by atoms with van der Waals surface area (Å²) in [7, 11) is 1.46. The fourth-order valence-corrected chi connectivity index (χ4v) is 2.32. The molecule has 0 spiro atoms. The van der Waals surface area contributed by atoms with Crippen molar-refractivity contribution >= 4 is 17.6 Å². The molecule has 1 saturated heterocycles. The Bertz CT molecular complexity index is 530. The predicted octanol–water partition coefficient (Wildman–Crippen LogP) is 1.19. The topological polar surface area (TPSA) is 87.7 Å². The first-order chi connectivity index (χ1) is 9.52. The van der Waals surface area contributed by atoms with E-state index in [-0.39, 0.29) is 23.3 Å². The lowest BCUT2D eigenvalue weighted by Gasteiger charge is -2.15. The van der Waals surface area contributed by atoms with Crippen LogP contribution in [-0.2, 0) is 4.79 Å². The summed E-state index contributed by atoms with van der Waals surface area (Å²) in [5.41, 5.74) is 0.318. The van der Waals surface area contributed by atoms with Gasteiger partial charge in [-0.25, -0.2) is 4.79 Å². The van der Waals surface area contributed by atoms with Gasteiger partial charge in [0.25, 0.3) is 0 Å². The molecule has 6 heteroatoms. The molecule has 1 aromatic carbocycles. The van der Waals surface area contributed by atoms with E-state index in [1.165, 1.54) is 13.2 Å². The second-order valence-electron chi connectivity index (χ2n) is 4.95. The maximum Gasteiger partial charge on any atom is 0.337 e. The highest BCUT2D eigenvalue weighted by Crippen LogP contribution is 2.24. The summed E-state index contributed by atoms with van der Waals surface area (Å²) in [6, 6.07) is 4.57. The molecule has 2 atom stereocenters. The highest BCUT2D eigenvalue weighted by molar-refractivity contribution is 6.01. The van der Waals surface area contributed by atoms with E-state index in [0.29, 0.717) is 18.0 Å². The third-order valence-corrected chi connectivity index (χ3v) is 3.57. The summed E-state index contributed by atoms with van der Waals surface area (Å²) >= 11 is 0. The monoisotopic (exact) mass is 278 g/mol. The van der Waals surface area contributed by atoms with Gasteiger partial charge in [0.15, 0.2) is 0 Å². The van der Waals surface area contributed by atoms with Crippen molar-refractivity contribution in [1.82, 2.24) is 5.32 Å². The minimum Gasteiger partial charge on any atom is -0.497 e. The molecule has 1 aliphatic heterocycles. The molecule has 1 aromatic rings. The van der Waals surface area contributed by atoms with Gasteiger partial charge < -0.3 is 20.5 Å². The smallest absolute Gasteiger partial charge is 0.337 e. The first-order valence-corrected chi connectivity index (χ1v) is 6.46. The van der Waals surface area contributed by atoms with Gasteiger partial charge in [0, 0.05) is 6.54 Å². The van der Waals surface area contributed by atoms with Crippen LogP contribution in [0.1, 0.15) is 17.3 Å². The summed E-state index contributed by atoms with van der Waals surface area (Å²) in [6.07, 6.45) is 0.